The first kappa shape index (κ1) is 15.5. The molecule has 1 heterocycles. The van der Waals surface area contributed by atoms with E-state index >= 15 is 0 Å². The fraction of sp³-hybridized carbons (Fsp3) is 0.111. The van der Waals surface area contributed by atoms with Gasteiger partial charge in [-0.1, -0.05) is 40.2 Å². The van der Waals surface area contributed by atoms with Crippen LogP contribution in [0.3, 0.4) is 0 Å². The largest absolute Gasteiger partial charge is 0.351 e. The van der Waals surface area contributed by atoms with E-state index in [4.69, 9.17) is 5.73 Å². The van der Waals surface area contributed by atoms with Gasteiger partial charge in [0.1, 0.15) is 0 Å². The number of amides is 2. The first-order valence-corrected chi connectivity index (χ1v) is 8.00. The van der Waals surface area contributed by atoms with Crippen molar-refractivity contribution >= 4 is 38.4 Å². The number of rotatable bonds is 3. The van der Waals surface area contributed by atoms with Crippen LogP contribution in [0.4, 0.5) is 10.5 Å². The minimum absolute atomic E-state index is 0.422. The Morgan fingerprint density at radius 1 is 1.26 bits per heavy atom. The Bertz CT molecular complexity index is 874. The quantitative estimate of drug-likeness (QED) is 0.743. The summed E-state index contributed by atoms with van der Waals surface area (Å²) in [7, 11) is 0. The Balaban J connectivity index is 2.04. The predicted octanol–water partition coefficient (Wildman–Crippen LogP) is 4.39. The van der Waals surface area contributed by atoms with Gasteiger partial charge in [0.15, 0.2) is 0 Å². The van der Waals surface area contributed by atoms with E-state index in [0.29, 0.717) is 6.54 Å². The van der Waals surface area contributed by atoms with E-state index in [1.165, 1.54) is 0 Å². The third kappa shape index (κ3) is 3.19. The van der Waals surface area contributed by atoms with Gasteiger partial charge in [-0.3, -0.25) is 9.88 Å². The zero-order chi connectivity index (χ0) is 16.4. The van der Waals surface area contributed by atoms with Crippen molar-refractivity contribution in [1.29, 1.82) is 0 Å². The van der Waals surface area contributed by atoms with Gasteiger partial charge in [-0.2, -0.15) is 0 Å². The number of benzene rings is 2. The SMILES string of the molecule is Cc1cc(CN(C(N)=O)c2cccc3cnccc23)ccc1Br. The molecule has 0 atom stereocenters. The van der Waals surface area contributed by atoms with Crippen LogP contribution < -0.4 is 10.6 Å². The third-order valence-electron chi connectivity index (χ3n) is 3.78. The zero-order valence-corrected chi connectivity index (χ0v) is 14.2. The van der Waals surface area contributed by atoms with E-state index in [1.807, 2.05) is 49.4 Å². The van der Waals surface area contributed by atoms with Crippen molar-refractivity contribution in [2.45, 2.75) is 13.5 Å². The molecular weight excluding hydrogens is 354 g/mol. The highest BCUT2D eigenvalue weighted by Crippen LogP contribution is 2.28. The van der Waals surface area contributed by atoms with Crippen molar-refractivity contribution in [2.75, 3.05) is 4.90 Å². The topological polar surface area (TPSA) is 59.2 Å². The van der Waals surface area contributed by atoms with E-state index in [-0.39, 0.29) is 0 Å². The van der Waals surface area contributed by atoms with E-state index < -0.39 is 6.03 Å². The lowest BCUT2D eigenvalue weighted by Crippen LogP contribution is -2.35. The number of carbonyl (C=O) groups excluding carboxylic acids is 1. The molecule has 0 saturated heterocycles. The molecular formula is C18H16BrN3O. The number of hydrogen-bond donors (Lipinski definition) is 1. The lowest BCUT2D eigenvalue weighted by Gasteiger charge is -2.22. The molecule has 0 aliphatic carbocycles. The maximum absolute atomic E-state index is 12.0. The van der Waals surface area contributed by atoms with Gasteiger partial charge in [-0.25, -0.2) is 4.79 Å². The van der Waals surface area contributed by atoms with Crippen LogP contribution in [0.2, 0.25) is 0 Å². The van der Waals surface area contributed by atoms with Crippen molar-refractivity contribution in [1.82, 2.24) is 4.98 Å². The Hall–Kier alpha value is -2.40. The smallest absolute Gasteiger partial charge is 0.319 e. The first-order valence-electron chi connectivity index (χ1n) is 7.21. The second-order valence-corrected chi connectivity index (χ2v) is 6.24. The Kier molecular flexibility index (Phi) is 4.30. The normalized spacial score (nSPS) is 10.7. The average Bonchev–Trinajstić information content (AvgIpc) is 2.55. The second-order valence-electron chi connectivity index (χ2n) is 5.38. The monoisotopic (exact) mass is 369 g/mol. The molecule has 0 bridgehead atoms. The number of primary amides is 1. The maximum atomic E-state index is 12.0. The number of halogens is 1. The van der Waals surface area contributed by atoms with Crippen LogP contribution in [-0.2, 0) is 6.54 Å². The Morgan fingerprint density at radius 3 is 2.83 bits per heavy atom. The molecule has 5 heteroatoms. The van der Waals surface area contributed by atoms with Crippen molar-refractivity contribution in [2.24, 2.45) is 5.73 Å². The van der Waals surface area contributed by atoms with Crippen LogP contribution >= 0.6 is 15.9 Å². The molecule has 3 aromatic rings. The lowest BCUT2D eigenvalue weighted by molar-refractivity contribution is 0.253. The molecule has 116 valence electrons. The number of aryl methyl sites for hydroxylation is 1. The molecule has 2 N–H and O–H groups in total. The van der Waals surface area contributed by atoms with Crippen molar-refractivity contribution in [3.05, 3.63) is 70.5 Å². The Morgan fingerprint density at radius 2 is 2.09 bits per heavy atom. The summed E-state index contributed by atoms with van der Waals surface area (Å²) in [6.45, 7) is 2.44. The van der Waals surface area contributed by atoms with Crippen LogP contribution in [0.15, 0.2) is 59.3 Å². The van der Waals surface area contributed by atoms with Crippen LogP contribution in [0.5, 0.6) is 0 Å². The van der Waals surface area contributed by atoms with Crippen molar-refractivity contribution < 1.29 is 4.79 Å². The van der Waals surface area contributed by atoms with Gasteiger partial charge in [-0.15, -0.1) is 0 Å². The summed E-state index contributed by atoms with van der Waals surface area (Å²) in [4.78, 5) is 17.7. The standard InChI is InChI=1S/C18H16BrN3O/c1-12-9-13(5-6-16(12)19)11-22(18(20)23)17-4-2-3-14-10-21-8-7-15(14)17/h2-10H,11H2,1H3,(H2,20,23). The third-order valence-corrected chi connectivity index (χ3v) is 4.67. The number of pyridine rings is 1. The van der Waals surface area contributed by atoms with Crippen LogP contribution in [0.25, 0.3) is 10.8 Å². The summed E-state index contributed by atoms with van der Waals surface area (Å²) >= 11 is 3.49. The highest BCUT2D eigenvalue weighted by atomic mass is 79.9. The summed E-state index contributed by atoms with van der Waals surface area (Å²) < 4.78 is 1.04. The molecule has 23 heavy (non-hydrogen) atoms. The molecule has 2 amide bonds. The van der Waals surface area contributed by atoms with Gasteiger partial charge in [0.05, 0.1) is 12.2 Å². The number of urea groups is 1. The molecule has 0 radical (unpaired) electrons. The average molecular weight is 370 g/mol. The Labute approximate surface area is 143 Å². The molecule has 0 spiro atoms. The summed E-state index contributed by atoms with van der Waals surface area (Å²) in [5.74, 6) is 0. The molecule has 0 aliphatic rings. The van der Waals surface area contributed by atoms with E-state index in [2.05, 4.69) is 20.9 Å². The molecule has 2 aromatic carbocycles. The van der Waals surface area contributed by atoms with Gasteiger partial charge < -0.3 is 5.73 Å². The molecule has 4 nitrogen and oxygen atoms in total. The van der Waals surface area contributed by atoms with Gasteiger partial charge in [0, 0.05) is 27.6 Å². The fourth-order valence-electron chi connectivity index (χ4n) is 2.61. The number of fused-ring (bicyclic) bond motifs is 1. The summed E-state index contributed by atoms with van der Waals surface area (Å²) in [6.07, 6.45) is 3.50. The highest BCUT2D eigenvalue weighted by molar-refractivity contribution is 9.10. The first-order chi connectivity index (χ1) is 11.1. The summed E-state index contributed by atoms with van der Waals surface area (Å²) in [5, 5.41) is 1.93. The van der Waals surface area contributed by atoms with Crippen LogP contribution in [0, 0.1) is 6.92 Å². The second kappa shape index (κ2) is 6.38. The molecule has 0 aliphatic heterocycles. The molecule has 1 aromatic heterocycles. The maximum Gasteiger partial charge on any atom is 0.319 e. The highest BCUT2D eigenvalue weighted by Gasteiger charge is 2.16. The molecule has 0 unspecified atom stereocenters. The molecule has 0 fully saturated rings. The van der Waals surface area contributed by atoms with Gasteiger partial charge >= 0.3 is 6.03 Å². The van der Waals surface area contributed by atoms with E-state index in [0.717, 1.165) is 32.1 Å². The predicted molar refractivity (Wildman–Crippen MR) is 96.4 cm³/mol. The van der Waals surface area contributed by atoms with Crippen molar-refractivity contribution in [3.8, 4) is 0 Å². The van der Waals surface area contributed by atoms with Gasteiger partial charge in [-0.05, 0) is 36.2 Å². The number of aromatic nitrogens is 1. The number of nitrogens with zero attached hydrogens (tertiary/aromatic N) is 2. The minimum atomic E-state index is -0.477. The number of nitrogens with two attached hydrogens (primary N) is 1. The summed E-state index contributed by atoms with van der Waals surface area (Å²) in [5.41, 5.74) is 8.57. The number of carbonyl (C=O) groups is 1. The number of hydrogen-bond acceptors (Lipinski definition) is 2. The molecule has 3 rings (SSSR count). The zero-order valence-electron chi connectivity index (χ0n) is 12.7. The lowest BCUT2D eigenvalue weighted by atomic mass is 10.1. The minimum Gasteiger partial charge on any atom is -0.351 e. The van der Waals surface area contributed by atoms with Gasteiger partial charge in [0.25, 0.3) is 0 Å². The van der Waals surface area contributed by atoms with Crippen LogP contribution in [0.1, 0.15) is 11.1 Å². The van der Waals surface area contributed by atoms with E-state index in [1.54, 1.807) is 17.3 Å². The summed E-state index contributed by atoms with van der Waals surface area (Å²) in [6, 6.07) is 13.2. The fourth-order valence-corrected chi connectivity index (χ4v) is 2.86. The number of anilines is 1. The van der Waals surface area contributed by atoms with Crippen molar-refractivity contribution in [3.63, 3.8) is 0 Å². The molecule has 0 saturated carbocycles. The van der Waals surface area contributed by atoms with E-state index in [9.17, 15) is 4.79 Å². The van der Waals surface area contributed by atoms with Gasteiger partial charge in [0.2, 0.25) is 0 Å². The van der Waals surface area contributed by atoms with Crippen LogP contribution in [-0.4, -0.2) is 11.0 Å².